The van der Waals surface area contributed by atoms with Crippen molar-refractivity contribution in [3.63, 3.8) is 0 Å². The van der Waals surface area contributed by atoms with E-state index in [2.05, 4.69) is 27.4 Å². The van der Waals surface area contributed by atoms with E-state index in [1.807, 2.05) is 12.1 Å². The molecule has 2 rings (SSSR count). The molecule has 0 atom stereocenters. The van der Waals surface area contributed by atoms with Crippen molar-refractivity contribution in [2.24, 2.45) is 0 Å². The maximum absolute atomic E-state index is 5.13. The third kappa shape index (κ3) is 1.23. The third-order valence-electron chi connectivity index (χ3n) is 1.73. The van der Waals surface area contributed by atoms with Crippen LogP contribution in [0.4, 0.5) is 0 Å². The van der Waals surface area contributed by atoms with Crippen molar-refractivity contribution in [3.05, 3.63) is 28.1 Å². The Balaban J connectivity index is 2.71. The molecule has 0 saturated carbocycles. The molecule has 0 bridgehead atoms. The molecule has 0 fully saturated rings. The Bertz CT molecular complexity index is 408. The second-order valence-corrected chi connectivity index (χ2v) is 4.21. The average molecular weight is 243 g/mol. The zero-order chi connectivity index (χ0) is 8.55. The molecule has 3 heteroatoms. The summed E-state index contributed by atoms with van der Waals surface area (Å²) in [7, 11) is 1.68. The predicted molar refractivity (Wildman–Crippen MR) is 56.1 cm³/mol. The summed E-state index contributed by atoms with van der Waals surface area (Å²) in [5.41, 5.74) is 0. The van der Waals surface area contributed by atoms with E-state index >= 15 is 0 Å². The first-order valence-corrected chi connectivity index (χ1v) is 5.19. The van der Waals surface area contributed by atoms with Gasteiger partial charge in [-0.2, -0.15) is 0 Å². The van der Waals surface area contributed by atoms with Gasteiger partial charge in [0.05, 0.1) is 7.11 Å². The lowest BCUT2D eigenvalue weighted by Gasteiger charge is -1.98. The molecule has 0 saturated heterocycles. The quantitative estimate of drug-likeness (QED) is 0.742. The summed E-state index contributed by atoms with van der Waals surface area (Å²) in [6.07, 6.45) is 0. The highest BCUT2D eigenvalue weighted by atomic mass is 79.9. The van der Waals surface area contributed by atoms with Gasteiger partial charge in [-0.1, -0.05) is 0 Å². The summed E-state index contributed by atoms with van der Waals surface area (Å²) in [4.78, 5) is 0. The molecule has 0 radical (unpaired) electrons. The number of thiophene rings is 1. The van der Waals surface area contributed by atoms with Gasteiger partial charge in [0.2, 0.25) is 0 Å². The van der Waals surface area contributed by atoms with Crippen molar-refractivity contribution in [1.29, 1.82) is 0 Å². The molecule has 0 unspecified atom stereocenters. The van der Waals surface area contributed by atoms with E-state index < -0.39 is 0 Å². The van der Waals surface area contributed by atoms with Crippen molar-refractivity contribution in [3.8, 4) is 5.75 Å². The van der Waals surface area contributed by atoms with Crippen LogP contribution in [0.15, 0.2) is 28.1 Å². The SMILES string of the molecule is COc1ccc2scc(Br)c2c1. The zero-order valence-electron chi connectivity index (χ0n) is 6.50. The minimum absolute atomic E-state index is 0.904. The van der Waals surface area contributed by atoms with Crippen molar-refractivity contribution < 1.29 is 4.74 Å². The topological polar surface area (TPSA) is 9.23 Å². The van der Waals surface area contributed by atoms with E-state index in [0.717, 1.165) is 10.2 Å². The second-order valence-electron chi connectivity index (χ2n) is 2.45. The van der Waals surface area contributed by atoms with Crippen molar-refractivity contribution in [2.75, 3.05) is 7.11 Å². The van der Waals surface area contributed by atoms with Crippen LogP contribution in [0.2, 0.25) is 0 Å². The first-order chi connectivity index (χ1) is 5.81. The van der Waals surface area contributed by atoms with Gasteiger partial charge < -0.3 is 4.74 Å². The minimum atomic E-state index is 0.904. The fourth-order valence-electron chi connectivity index (χ4n) is 1.10. The van der Waals surface area contributed by atoms with Crippen LogP contribution in [-0.2, 0) is 0 Å². The molecule has 1 nitrogen and oxygen atoms in total. The highest BCUT2D eigenvalue weighted by Crippen LogP contribution is 2.32. The molecule has 1 heterocycles. The molecule has 0 amide bonds. The largest absolute Gasteiger partial charge is 0.497 e. The standard InChI is InChI=1S/C9H7BrOS/c1-11-6-2-3-9-7(4-6)8(10)5-12-9/h2-5H,1H3. The number of halogens is 1. The minimum Gasteiger partial charge on any atom is -0.497 e. The molecule has 0 spiro atoms. The van der Waals surface area contributed by atoms with Crippen LogP contribution < -0.4 is 4.74 Å². The number of methoxy groups -OCH3 is 1. The van der Waals surface area contributed by atoms with Crippen molar-refractivity contribution in [2.45, 2.75) is 0 Å². The van der Waals surface area contributed by atoms with Crippen LogP contribution in [0.25, 0.3) is 10.1 Å². The first-order valence-electron chi connectivity index (χ1n) is 3.52. The molecule has 0 aliphatic heterocycles. The maximum atomic E-state index is 5.13. The van der Waals surface area contributed by atoms with Crippen LogP contribution in [0.3, 0.4) is 0 Å². The van der Waals surface area contributed by atoms with Gasteiger partial charge in [-0.25, -0.2) is 0 Å². The van der Waals surface area contributed by atoms with Gasteiger partial charge >= 0.3 is 0 Å². The van der Waals surface area contributed by atoms with E-state index in [1.165, 1.54) is 10.1 Å². The molecule has 62 valence electrons. The Hall–Kier alpha value is -0.540. The molecule has 0 N–H and O–H groups in total. The molecule has 0 aliphatic rings. The fraction of sp³-hybridized carbons (Fsp3) is 0.111. The van der Waals surface area contributed by atoms with Crippen LogP contribution in [0.5, 0.6) is 5.75 Å². The van der Waals surface area contributed by atoms with E-state index in [0.29, 0.717) is 0 Å². The van der Waals surface area contributed by atoms with Gasteiger partial charge in [-0.3, -0.25) is 0 Å². The van der Waals surface area contributed by atoms with Crippen LogP contribution >= 0.6 is 27.3 Å². The monoisotopic (exact) mass is 242 g/mol. The number of benzene rings is 1. The Morgan fingerprint density at radius 3 is 3.00 bits per heavy atom. The lowest BCUT2D eigenvalue weighted by Crippen LogP contribution is -1.80. The first kappa shape index (κ1) is 8.08. The molecular weight excluding hydrogens is 236 g/mol. The number of hydrogen-bond acceptors (Lipinski definition) is 2. The van der Waals surface area contributed by atoms with Crippen LogP contribution in [-0.4, -0.2) is 7.11 Å². The highest BCUT2D eigenvalue weighted by molar-refractivity contribution is 9.10. The summed E-state index contributed by atoms with van der Waals surface area (Å²) in [6.45, 7) is 0. The number of fused-ring (bicyclic) bond motifs is 1. The van der Waals surface area contributed by atoms with E-state index in [-0.39, 0.29) is 0 Å². The smallest absolute Gasteiger partial charge is 0.119 e. The molecule has 12 heavy (non-hydrogen) atoms. The number of ether oxygens (including phenoxy) is 1. The van der Waals surface area contributed by atoms with E-state index in [4.69, 9.17) is 4.74 Å². The van der Waals surface area contributed by atoms with E-state index in [1.54, 1.807) is 18.4 Å². The van der Waals surface area contributed by atoms with Gasteiger partial charge in [0.1, 0.15) is 5.75 Å². The Morgan fingerprint density at radius 2 is 2.25 bits per heavy atom. The summed E-state index contributed by atoms with van der Waals surface area (Å²) >= 11 is 5.22. The number of rotatable bonds is 1. The molecule has 1 aromatic carbocycles. The lowest BCUT2D eigenvalue weighted by atomic mass is 10.2. The molecule has 0 aliphatic carbocycles. The third-order valence-corrected chi connectivity index (χ3v) is 3.66. The average Bonchev–Trinajstić information content (AvgIpc) is 2.47. The zero-order valence-corrected chi connectivity index (χ0v) is 8.91. The highest BCUT2D eigenvalue weighted by Gasteiger charge is 2.01. The number of hydrogen-bond donors (Lipinski definition) is 0. The normalized spacial score (nSPS) is 10.5. The van der Waals surface area contributed by atoms with Gasteiger partial charge in [-0.05, 0) is 34.1 Å². The predicted octanol–water partition coefficient (Wildman–Crippen LogP) is 3.67. The Kier molecular flexibility index (Phi) is 2.07. The Morgan fingerprint density at radius 1 is 1.42 bits per heavy atom. The van der Waals surface area contributed by atoms with E-state index in [9.17, 15) is 0 Å². The van der Waals surface area contributed by atoms with Crippen molar-refractivity contribution in [1.82, 2.24) is 0 Å². The van der Waals surface area contributed by atoms with Gasteiger partial charge in [0.25, 0.3) is 0 Å². The second kappa shape index (κ2) is 3.07. The lowest BCUT2D eigenvalue weighted by molar-refractivity contribution is 0.415. The fourth-order valence-corrected chi connectivity index (χ4v) is 2.64. The van der Waals surface area contributed by atoms with Gasteiger partial charge in [0, 0.05) is 19.9 Å². The summed E-state index contributed by atoms with van der Waals surface area (Å²) < 4.78 is 7.55. The van der Waals surface area contributed by atoms with Gasteiger partial charge in [-0.15, -0.1) is 11.3 Å². The maximum Gasteiger partial charge on any atom is 0.119 e. The van der Waals surface area contributed by atoms with Crippen LogP contribution in [0, 0.1) is 0 Å². The summed E-state index contributed by atoms with van der Waals surface area (Å²) in [5, 5.41) is 3.31. The van der Waals surface area contributed by atoms with Crippen molar-refractivity contribution >= 4 is 37.4 Å². The summed E-state index contributed by atoms with van der Waals surface area (Å²) in [6, 6.07) is 6.09. The Labute approximate surface area is 83.1 Å². The summed E-state index contributed by atoms with van der Waals surface area (Å²) in [5.74, 6) is 0.904. The molecular formula is C9H7BrOS. The molecule has 2 aromatic rings. The van der Waals surface area contributed by atoms with Gasteiger partial charge in [0.15, 0.2) is 0 Å². The van der Waals surface area contributed by atoms with Crippen LogP contribution in [0.1, 0.15) is 0 Å². The molecule has 1 aromatic heterocycles.